The van der Waals surface area contributed by atoms with E-state index in [-0.39, 0.29) is 13.2 Å². The van der Waals surface area contributed by atoms with Crippen LogP contribution in [0.3, 0.4) is 0 Å². The van der Waals surface area contributed by atoms with E-state index in [1.165, 1.54) is 0 Å². The Morgan fingerprint density at radius 3 is 2.62 bits per heavy atom. The van der Waals surface area contributed by atoms with E-state index in [9.17, 15) is 9.59 Å². The fourth-order valence-corrected chi connectivity index (χ4v) is 1.32. The molecule has 0 bridgehead atoms. The van der Waals surface area contributed by atoms with Gasteiger partial charge in [-0.1, -0.05) is 15.5 Å². The van der Waals surface area contributed by atoms with Crippen LogP contribution in [0.1, 0.15) is 6.92 Å². The third-order valence-electron chi connectivity index (χ3n) is 1.35. The third kappa shape index (κ3) is 8.84. The summed E-state index contributed by atoms with van der Waals surface area (Å²) in [5.74, 6) is 0.287. The van der Waals surface area contributed by atoms with Gasteiger partial charge in [0.05, 0.1) is 6.54 Å². The summed E-state index contributed by atoms with van der Waals surface area (Å²) in [6.45, 7) is 5.70. The van der Waals surface area contributed by atoms with Gasteiger partial charge in [-0.05, 0) is 28.1 Å². The van der Waals surface area contributed by atoms with Crippen LogP contribution in [0, 0.1) is 0 Å². The average Bonchev–Trinajstić information content (AvgIpc) is 2.24. The molecule has 0 radical (unpaired) electrons. The largest absolute Gasteiger partial charge is 0.460 e. The number of halogens is 1. The van der Waals surface area contributed by atoms with E-state index in [4.69, 9.17) is 9.47 Å². The van der Waals surface area contributed by atoms with Crippen LogP contribution in [0.25, 0.3) is 0 Å². The molecular formula is C9H14INO4S. The molecule has 0 fully saturated rings. The molecule has 7 heteroatoms. The quantitative estimate of drug-likeness (QED) is 0.326. The van der Waals surface area contributed by atoms with Crippen molar-refractivity contribution in [2.45, 2.75) is 6.92 Å². The summed E-state index contributed by atoms with van der Waals surface area (Å²) in [6, 6.07) is 0. The highest BCUT2D eigenvalue weighted by molar-refractivity contribution is 14.2. The van der Waals surface area contributed by atoms with Crippen molar-refractivity contribution in [3.63, 3.8) is 0 Å². The summed E-state index contributed by atoms with van der Waals surface area (Å²) in [6.07, 6.45) is -0.503. The lowest BCUT2D eigenvalue weighted by molar-refractivity contribution is -0.138. The molecular weight excluding hydrogens is 345 g/mol. The number of hydrogen-bond donors (Lipinski definition) is 1. The normalized spacial score (nSPS) is 9.38. The number of alkyl carbamates (subject to hydrolysis) is 1. The van der Waals surface area contributed by atoms with Crippen molar-refractivity contribution in [1.29, 1.82) is 0 Å². The Balaban J connectivity index is 3.41. The smallest absolute Gasteiger partial charge is 0.407 e. The summed E-state index contributed by atoms with van der Waals surface area (Å²) in [4.78, 5) is 21.9. The first kappa shape index (κ1) is 15.6. The number of amides is 1. The Hall–Kier alpha value is -0.440. The SMILES string of the molecule is C=C(C)C(=O)OCCNC(=O)OCCSI. The molecule has 0 rings (SSSR count). The fraction of sp³-hybridized carbons (Fsp3) is 0.556. The number of carbonyl (C=O) groups is 2. The van der Waals surface area contributed by atoms with E-state index in [2.05, 4.69) is 33.1 Å². The highest BCUT2D eigenvalue weighted by atomic mass is 127. The zero-order valence-corrected chi connectivity index (χ0v) is 11.9. The maximum atomic E-state index is 11.0. The van der Waals surface area contributed by atoms with Gasteiger partial charge in [-0.25, -0.2) is 9.59 Å². The molecule has 0 aliphatic rings. The summed E-state index contributed by atoms with van der Waals surface area (Å²) in [7, 11) is 1.57. The zero-order chi connectivity index (χ0) is 12.4. The van der Waals surface area contributed by atoms with E-state index in [0.717, 1.165) is 5.75 Å². The second-order valence-electron chi connectivity index (χ2n) is 2.79. The average molecular weight is 359 g/mol. The molecule has 0 aromatic heterocycles. The molecule has 0 heterocycles. The van der Waals surface area contributed by atoms with Gasteiger partial charge in [-0.15, -0.1) is 0 Å². The molecule has 16 heavy (non-hydrogen) atoms. The Kier molecular flexibility index (Phi) is 9.49. The minimum atomic E-state index is -0.503. The minimum Gasteiger partial charge on any atom is -0.460 e. The molecule has 0 aromatic carbocycles. The molecule has 5 nitrogen and oxygen atoms in total. The van der Waals surface area contributed by atoms with Crippen LogP contribution >= 0.6 is 30.1 Å². The molecule has 0 saturated carbocycles. The molecule has 0 atom stereocenters. The van der Waals surface area contributed by atoms with Crippen molar-refractivity contribution in [2.75, 3.05) is 25.5 Å². The van der Waals surface area contributed by atoms with E-state index in [1.54, 1.807) is 15.9 Å². The number of ether oxygens (including phenoxy) is 2. The lowest BCUT2D eigenvalue weighted by atomic mass is 10.4. The van der Waals surface area contributed by atoms with Crippen molar-refractivity contribution in [1.82, 2.24) is 5.32 Å². The van der Waals surface area contributed by atoms with Gasteiger partial charge >= 0.3 is 12.1 Å². The van der Waals surface area contributed by atoms with Gasteiger partial charge in [0.25, 0.3) is 0 Å². The first-order valence-corrected chi connectivity index (χ1v) is 8.07. The highest BCUT2D eigenvalue weighted by Gasteiger charge is 2.04. The number of esters is 1. The van der Waals surface area contributed by atoms with Gasteiger partial charge in [0.15, 0.2) is 0 Å². The van der Waals surface area contributed by atoms with Gasteiger partial charge in [0.2, 0.25) is 0 Å². The van der Waals surface area contributed by atoms with Gasteiger partial charge in [-0.3, -0.25) is 0 Å². The van der Waals surface area contributed by atoms with E-state index < -0.39 is 12.1 Å². The Morgan fingerprint density at radius 2 is 2.06 bits per heavy atom. The van der Waals surface area contributed by atoms with Crippen LogP contribution in [0.2, 0.25) is 0 Å². The summed E-state index contributed by atoms with van der Waals surface area (Å²) >= 11 is 2.12. The standard InChI is InChI=1S/C9H14INO4S/c1-7(2)8(12)14-4-3-11-9(13)15-5-6-16-10/h1,3-6H2,2H3,(H,11,13). The van der Waals surface area contributed by atoms with Crippen LogP contribution < -0.4 is 5.32 Å². The predicted molar refractivity (Wildman–Crippen MR) is 71.6 cm³/mol. The van der Waals surface area contributed by atoms with Crippen molar-refractivity contribution in [3.8, 4) is 0 Å². The molecule has 1 N–H and O–H groups in total. The fourth-order valence-electron chi connectivity index (χ4n) is 0.637. The number of nitrogens with one attached hydrogen (secondary N) is 1. The maximum absolute atomic E-state index is 11.0. The molecule has 0 aliphatic carbocycles. The van der Waals surface area contributed by atoms with Gasteiger partial charge in [-0.2, -0.15) is 0 Å². The van der Waals surface area contributed by atoms with E-state index >= 15 is 0 Å². The van der Waals surface area contributed by atoms with Crippen LogP contribution in [-0.2, 0) is 14.3 Å². The van der Waals surface area contributed by atoms with Gasteiger partial charge in [0.1, 0.15) is 13.2 Å². The zero-order valence-electron chi connectivity index (χ0n) is 8.95. The predicted octanol–water partition coefficient (Wildman–Crippen LogP) is 1.92. The molecule has 0 saturated heterocycles. The maximum Gasteiger partial charge on any atom is 0.407 e. The molecule has 0 spiro atoms. The Labute approximate surface area is 111 Å². The number of hydrogen-bond acceptors (Lipinski definition) is 5. The van der Waals surface area contributed by atoms with Gasteiger partial charge < -0.3 is 14.8 Å². The topological polar surface area (TPSA) is 64.6 Å². The van der Waals surface area contributed by atoms with Crippen molar-refractivity contribution >= 4 is 42.2 Å². The molecule has 92 valence electrons. The second-order valence-corrected chi connectivity index (χ2v) is 5.29. The monoisotopic (exact) mass is 359 g/mol. The van der Waals surface area contributed by atoms with E-state index in [0.29, 0.717) is 12.2 Å². The lowest BCUT2D eigenvalue weighted by Gasteiger charge is -2.06. The van der Waals surface area contributed by atoms with Crippen LogP contribution in [0.15, 0.2) is 12.2 Å². The molecule has 0 aliphatic heterocycles. The third-order valence-corrected chi connectivity index (χ3v) is 2.99. The Bertz CT molecular complexity index is 260. The first-order chi connectivity index (χ1) is 7.57. The molecule has 0 unspecified atom stereocenters. The van der Waals surface area contributed by atoms with Crippen molar-refractivity contribution < 1.29 is 19.1 Å². The van der Waals surface area contributed by atoms with Crippen molar-refractivity contribution in [2.24, 2.45) is 0 Å². The lowest BCUT2D eigenvalue weighted by Crippen LogP contribution is -2.29. The molecule has 1 amide bonds. The van der Waals surface area contributed by atoms with E-state index in [1.807, 2.05) is 0 Å². The molecule has 0 aromatic rings. The first-order valence-electron chi connectivity index (χ1n) is 4.54. The number of rotatable bonds is 7. The Morgan fingerprint density at radius 1 is 1.38 bits per heavy atom. The highest BCUT2D eigenvalue weighted by Crippen LogP contribution is 2.09. The summed E-state index contributed by atoms with van der Waals surface area (Å²) in [5, 5.41) is 2.46. The van der Waals surface area contributed by atoms with Crippen LogP contribution in [0.4, 0.5) is 4.79 Å². The van der Waals surface area contributed by atoms with Gasteiger partial charge in [0, 0.05) is 11.3 Å². The second kappa shape index (κ2) is 9.76. The summed E-state index contributed by atoms with van der Waals surface area (Å²) in [5.41, 5.74) is 0.335. The number of carbonyl (C=O) groups excluding carboxylic acids is 2. The van der Waals surface area contributed by atoms with Crippen LogP contribution in [0.5, 0.6) is 0 Å². The summed E-state index contributed by atoms with van der Waals surface area (Å²) < 4.78 is 9.57. The minimum absolute atomic E-state index is 0.113. The van der Waals surface area contributed by atoms with Crippen LogP contribution in [-0.4, -0.2) is 37.6 Å². The van der Waals surface area contributed by atoms with Crippen molar-refractivity contribution in [3.05, 3.63) is 12.2 Å².